The van der Waals surface area contributed by atoms with Crippen molar-refractivity contribution in [3.05, 3.63) is 81.5 Å². The number of fused-ring (bicyclic) bond motifs is 1. The van der Waals surface area contributed by atoms with Crippen molar-refractivity contribution < 1.29 is 0 Å². The van der Waals surface area contributed by atoms with Crippen LogP contribution in [0.25, 0.3) is 28.2 Å². The van der Waals surface area contributed by atoms with Crippen molar-refractivity contribution in [1.29, 1.82) is 0 Å². The first kappa shape index (κ1) is 16.7. The van der Waals surface area contributed by atoms with Gasteiger partial charge in [-0.1, -0.05) is 61.4 Å². The molecule has 0 radical (unpaired) electrons. The fraction of sp³-hybridized carbons (Fsp3) is 0.227. The van der Waals surface area contributed by atoms with Crippen LogP contribution >= 0.6 is 0 Å². The highest BCUT2D eigenvalue weighted by atomic mass is 16.2. The molecule has 0 bridgehead atoms. The Morgan fingerprint density at radius 1 is 0.893 bits per heavy atom. The Balaban J connectivity index is 1.86. The standard InChI is InChI=1S/C22H20N4O2/c27-21-18-20(24-19(23-18)15-9-3-1-4-10-15)25(16-11-5-2-6-12-16)22(28)26(21)17-13-7-8-14-17/h1-6,9-12,17H,7-8,13-14H2,(H,23,24). The van der Waals surface area contributed by atoms with E-state index in [0.29, 0.717) is 22.7 Å². The number of H-pyrrole nitrogens is 1. The second-order valence-corrected chi connectivity index (χ2v) is 7.22. The maximum atomic E-state index is 13.4. The summed E-state index contributed by atoms with van der Waals surface area (Å²) in [5.41, 5.74) is 1.71. The van der Waals surface area contributed by atoms with Crippen LogP contribution in [0.4, 0.5) is 0 Å². The maximum Gasteiger partial charge on any atom is 0.337 e. The van der Waals surface area contributed by atoms with E-state index in [1.54, 1.807) is 4.57 Å². The third kappa shape index (κ3) is 2.60. The van der Waals surface area contributed by atoms with Gasteiger partial charge in [-0.05, 0) is 25.0 Å². The van der Waals surface area contributed by atoms with Gasteiger partial charge in [0.25, 0.3) is 5.56 Å². The van der Waals surface area contributed by atoms with Crippen molar-refractivity contribution in [2.75, 3.05) is 0 Å². The minimum atomic E-state index is -0.318. The lowest BCUT2D eigenvalue weighted by Gasteiger charge is -2.15. The molecule has 2 heterocycles. The summed E-state index contributed by atoms with van der Waals surface area (Å²) >= 11 is 0. The van der Waals surface area contributed by atoms with Crippen LogP contribution in [-0.4, -0.2) is 19.1 Å². The Labute approximate surface area is 161 Å². The first-order valence-corrected chi connectivity index (χ1v) is 9.62. The molecule has 6 heteroatoms. The Kier molecular flexibility index (Phi) is 3.97. The number of aromatic amines is 1. The Morgan fingerprint density at radius 2 is 1.54 bits per heavy atom. The lowest BCUT2D eigenvalue weighted by molar-refractivity contribution is 0.475. The minimum absolute atomic E-state index is 0.0529. The number of hydrogen-bond acceptors (Lipinski definition) is 3. The second kappa shape index (κ2) is 6.64. The van der Waals surface area contributed by atoms with Crippen LogP contribution in [0.3, 0.4) is 0 Å². The normalized spacial score (nSPS) is 14.7. The molecule has 0 amide bonds. The summed E-state index contributed by atoms with van der Waals surface area (Å²) < 4.78 is 2.98. The van der Waals surface area contributed by atoms with E-state index in [1.165, 1.54) is 4.57 Å². The van der Waals surface area contributed by atoms with Gasteiger partial charge in [0.2, 0.25) is 0 Å². The number of para-hydroxylation sites is 1. The van der Waals surface area contributed by atoms with Crippen LogP contribution in [0, 0.1) is 0 Å². The highest BCUT2D eigenvalue weighted by Gasteiger charge is 2.25. The molecule has 0 spiro atoms. The average Bonchev–Trinajstić information content (AvgIpc) is 3.40. The van der Waals surface area contributed by atoms with Crippen LogP contribution in [-0.2, 0) is 0 Å². The highest BCUT2D eigenvalue weighted by Crippen LogP contribution is 2.28. The second-order valence-electron chi connectivity index (χ2n) is 7.22. The molecule has 0 aliphatic heterocycles. The minimum Gasteiger partial charge on any atom is -0.332 e. The molecule has 1 saturated carbocycles. The van der Waals surface area contributed by atoms with E-state index >= 15 is 0 Å². The highest BCUT2D eigenvalue weighted by molar-refractivity contribution is 5.77. The molecule has 0 atom stereocenters. The molecule has 0 unspecified atom stereocenters. The van der Waals surface area contributed by atoms with E-state index in [1.807, 2.05) is 60.7 Å². The summed E-state index contributed by atoms with van der Waals surface area (Å²) in [7, 11) is 0. The van der Waals surface area contributed by atoms with Crippen LogP contribution < -0.4 is 11.2 Å². The molecule has 1 fully saturated rings. The lowest BCUT2D eigenvalue weighted by atomic mass is 10.2. The first-order chi connectivity index (χ1) is 13.7. The van der Waals surface area contributed by atoms with Crippen LogP contribution in [0.5, 0.6) is 0 Å². The van der Waals surface area contributed by atoms with Gasteiger partial charge in [0.15, 0.2) is 11.2 Å². The smallest absolute Gasteiger partial charge is 0.332 e. The summed E-state index contributed by atoms with van der Waals surface area (Å²) in [5, 5.41) is 0. The Hall–Kier alpha value is -3.41. The zero-order valence-corrected chi connectivity index (χ0v) is 15.3. The van der Waals surface area contributed by atoms with Gasteiger partial charge in [-0.15, -0.1) is 0 Å². The molecule has 5 rings (SSSR count). The summed E-state index contributed by atoms with van der Waals surface area (Å²) in [6.07, 6.45) is 3.79. The Bertz CT molecular complexity index is 1250. The van der Waals surface area contributed by atoms with E-state index in [2.05, 4.69) is 9.97 Å². The summed E-state index contributed by atoms with van der Waals surface area (Å²) in [6, 6.07) is 19.0. The van der Waals surface area contributed by atoms with Crippen molar-refractivity contribution >= 4 is 11.2 Å². The molecule has 0 saturated heterocycles. The quantitative estimate of drug-likeness (QED) is 0.596. The maximum absolute atomic E-state index is 13.4. The predicted octanol–water partition coefficient (Wildman–Crippen LogP) is 3.66. The van der Waals surface area contributed by atoms with Crippen molar-refractivity contribution in [3.63, 3.8) is 0 Å². The average molecular weight is 372 g/mol. The number of aromatic nitrogens is 4. The van der Waals surface area contributed by atoms with Gasteiger partial charge in [-0.2, -0.15) is 0 Å². The molecule has 2 aromatic heterocycles. The van der Waals surface area contributed by atoms with Crippen LogP contribution in [0.15, 0.2) is 70.3 Å². The summed E-state index contributed by atoms with van der Waals surface area (Å²) in [4.78, 5) is 34.5. The van der Waals surface area contributed by atoms with Crippen molar-refractivity contribution in [3.8, 4) is 17.1 Å². The van der Waals surface area contributed by atoms with Crippen LogP contribution in [0.1, 0.15) is 31.7 Å². The summed E-state index contributed by atoms with van der Waals surface area (Å²) in [5.74, 6) is 0.584. The fourth-order valence-electron chi connectivity index (χ4n) is 4.11. The summed E-state index contributed by atoms with van der Waals surface area (Å²) in [6.45, 7) is 0. The SMILES string of the molecule is O=c1c2[nH]c(-c3ccccc3)nc2n(-c2ccccc2)c(=O)n1C1CCCC1. The third-order valence-electron chi connectivity index (χ3n) is 5.48. The van der Waals surface area contributed by atoms with E-state index in [9.17, 15) is 9.59 Å². The van der Waals surface area contributed by atoms with Crippen LogP contribution in [0.2, 0.25) is 0 Å². The number of imidazole rings is 1. The largest absolute Gasteiger partial charge is 0.337 e. The van der Waals surface area contributed by atoms with Gasteiger partial charge in [0.1, 0.15) is 5.82 Å². The first-order valence-electron chi connectivity index (χ1n) is 9.62. The number of hydrogen-bond donors (Lipinski definition) is 1. The Morgan fingerprint density at radius 3 is 2.21 bits per heavy atom. The third-order valence-corrected chi connectivity index (χ3v) is 5.48. The predicted molar refractivity (Wildman–Crippen MR) is 109 cm³/mol. The van der Waals surface area contributed by atoms with Gasteiger partial charge in [-0.25, -0.2) is 14.3 Å². The van der Waals surface area contributed by atoms with Crippen molar-refractivity contribution in [2.45, 2.75) is 31.7 Å². The van der Waals surface area contributed by atoms with E-state index in [0.717, 1.165) is 31.2 Å². The molecule has 6 nitrogen and oxygen atoms in total. The van der Waals surface area contributed by atoms with Crippen molar-refractivity contribution in [2.24, 2.45) is 0 Å². The van der Waals surface area contributed by atoms with Crippen molar-refractivity contribution in [1.82, 2.24) is 19.1 Å². The van der Waals surface area contributed by atoms with E-state index in [4.69, 9.17) is 0 Å². The van der Waals surface area contributed by atoms with Gasteiger partial charge >= 0.3 is 5.69 Å². The number of nitrogens with one attached hydrogen (secondary N) is 1. The number of benzene rings is 2. The molecular weight excluding hydrogens is 352 g/mol. The molecule has 2 aromatic carbocycles. The van der Waals surface area contributed by atoms with E-state index in [-0.39, 0.29) is 17.3 Å². The zero-order valence-electron chi connectivity index (χ0n) is 15.3. The zero-order chi connectivity index (χ0) is 19.1. The van der Waals surface area contributed by atoms with Gasteiger partial charge in [0, 0.05) is 11.6 Å². The monoisotopic (exact) mass is 372 g/mol. The van der Waals surface area contributed by atoms with Gasteiger partial charge in [-0.3, -0.25) is 9.36 Å². The lowest BCUT2D eigenvalue weighted by Crippen LogP contribution is -2.41. The fourth-order valence-corrected chi connectivity index (χ4v) is 4.11. The molecule has 1 aliphatic rings. The number of nitrogens with zero attached hydrogens (tertiary/aromatic N) is 3. The van der Waals surface area contributed by atoms with E-state index < -0.39 is 0 Å². The molecule has 28 heavy (non-hydrogen) atoms. The topological polar surface area (TPSA) is 72.7 Å². The molecule has 140 valence electrons. The molecule has 1 N–H and O–H groups in total. The number of rotatable bonds is 3. The van der Waals surface area contributed by atoms with Gasteiger partial charge < -0.3 is 4.98 Å². The molecule has 4 aromatic rings. The van der Waals surface area contributed by atoms with Gasteiger partial charge in [0.05, 0.1) is 5.69 Å². The molecule has 1 aliphatic carbocycles. The molecular formula is C22H20N4O2.